The molecule has 0 aliphatic carbocycles. The summed E-state index contributed by atoms with van der Waals surface area (Å²) in [6, 6.07) is 17.0. The largest absolute Gasteiger partial charge is 0.497 e. The Labute approximate surface area is 133 Å². The molecule has 1 heterocycles. The van der Waals surface area contributed by atoms with Crippen molar-refractivity contribution in [2.24, 2.45) is 5.73 Å². The second-order valence-corrected chi connectivity index (χ2v) is 5.14. The Morgan fingerprint density at radius 2 is 1.74 bits per heavy atom. The van der Waals surface area contributed by atoms with E-state index in [1.165, 1.54) is 0 Å². The summed E-state index contributed by atoms with van der Waals surface area (Å²) in [7, 11) is 1.63. The molecular formula is C18H16N2O3. The van der Waals surface area contributed by atoms with Gasteiger partial charge in [-0.15, -0.1) is 0 Å². The van der Waals surface area contributed by atoms with Gasteiger partial charge in [-0.05, 0) is 29.8 Å². The van der Waals surface area contributed by atoms with E-state index in [0.717, 1.165) is 28.1 Å². The summed E-state index contributed by atoms with van der Waals surface area (Å²) in [5, 5.41) is 4.10. The van der Waals surface area contributed by atoms with Crippen molar-refractivity contribution in [2.75, 3.05) is 7.11 Å². The molecule has 0 aliphatic rings. The van der Waals surface area contributed by atoms with Crippen molar-refractivity contribution in [1.29, 1.82) is 0 Å². The Morgan fingerprint density at radius 1 is 1.09 bits per heavy atom. The molecule has 5 heteroatoms. The maximum atomic E-state index is 10.9. The molecule has 0 saturated carbocycles. The van der Waals surface area contributed by atoms with Gasteiger partial charge in [-0.3, -0.25) is 4.79 Å². The minimum Gasteiger partial charge on any atom is -0.497 e. The third kappa shape index (κ3) is 3.40. The topological polar surface area (TPSA) is 78.4 Å². The van der Waals surface area contributed by atoms with Crippen LogP contribution in [0.25, 0.3) is 22.6 Å². The summed E-state index contributed by atoms with van der Waals surface area (Å²) in [6.45, 7) is 0. The van der Waals surface area contributed by atoms with Crippen molar-refractivity contribution < 1.29 is 14.1 Å². The minimum atomic E-state index is -0.346. The monoisotopic (exact) mass is 308 g/mol. The number of carbonyl (C=O) groups excluding carboxylic acids is 1. The van der Waals surface area contributed by atoms with Gasteiger partial charge in [0.2, 0.25) is 5.91 Å². The number of hydrogen-bond acceptors (Lipinski definition) is 4. The molecule has 0 unspecified atom stereocenters. The number of aromatic nitrogens is 1. The highest BCUT2D eigenvalue weighted by Gasteiger charge is 2.09. The maximum Gasteiger partial charge on any atom is 0.221 e. The Balaban J connectivity index is 1.81. The zero-order chi connectivity index (χ0) is 16.2. The van der Waals surface area contributed by atoms with Crippen LogP contribution in [-0.2, 0) is 11.2 Å². The fraction of sp³-hybridized carbons (Fsp3) is 0.111. The molecule has 5 nitrogen and oxygen atoms in total. The molecule has 0 fully saturated rings. The van der Waals surface area contributed by atoms with Gasteiger partial charge in [0.05, 0.1) is 13.5 Å². The SMILES string of the molecule is COc1ccc(-c2cc(-c3ccc(CC(N)=O)cc3)no2)cc1. The lowest BCUT2D eigenvalue weighted by Crippen LogP contribution is -2.13. The first-order chi connectivity index (χ1) is 11.2. The van der Waals surface area contributed by atoms with Crippen LogP contribution in [0.3, 0.4) is 0 Å². The third-order valence-corrected chi connectivity index (χ3v) is 3.51. The molecule has 0 saturated heterocycles. The van der Waals surface area contributed by atoms with Gasteiger partial charge in [0, 0.05) is 17.2 Å². The van der Waals surface area contributed by atoms with Gasteiger partial charge in [-0.1, -0.05) is 29.4 Å². The van der Waals surface area contributed by atoms with Crippen molar-refractivity contribution in [3.8, 4) is 28.3 Å². The van der Waals surface area contributed by atoms with Gasteiger partial charge in [0.25, 0.3) is 0 Å². The second kappa shape index (κ2) is 6.36. The van der Waals surface area contributed by atoms with Crippen molar-refractivity contribution in [3.05, 3.63) is 60.2 Å². The van der Waals surface area contributed by atoms with E-state index < -0.39 is 0 Å². The van der Waals surface area contributed by atoms with E-state index in [-0.39, 0.29) is 12.3 Å². The maximum absolute atomic E-state index is 10.9. The van der Waals surface area contributed by atoms with Gasteiger partial charge in [0.1, 0.15) is 11.4 Å². The van der Waals surface area contributed by atoms with E-state index in [0.29, 0.717) is 5.76 Å². The highest BCUT2D eigenvalue weighted by atomic mass is 16.5. The highest BCUT2D eigenvalue weighted by Crippen LogP contribution is 2.27. The van der Waals surface area contributed by atoms with Crippen LogP contribution in [0.15, 0.2) is 59.1 Å². The second-order valence-electron chi connectivity index (χ2n) is 5.14. The first kappa shape index (κ1) is 14.8. The number of primary amides is 1. The first-order valence-electron chi connectivity index (χ1n) is 7.14. The first-order valence-corrected chi connectivity index (χ1v) is 7.14. The van der Waals surface area contributed by atoms with Gasteiger partial charge >= 0.3 is 0 Å². The zero-order valence-electron chi connectivity index (χ0n) is 12.7. The van der Waals surface area contributed by atoms with E-state index in [9.17, 15) is 4.79 Å². The quantitative estimate of drug-likeness (QED) is 0.785. The fourth-order valence-corrected chi connectivity index (χ4v) is 2.30. The molecule has 1 aromatic heterocycles. The molecule has 3 aromatic rings. The van der Waals surface area contributed by atoms with Crippen LogP contribution in [0.5, 0.6) is 5.75 Å². The van der Waals surface area contributed by atoms with Gasteiger partial charge in [-0.2, -0.15) is 0 Å². The lowest BCUT2D eigenvalue weighted by Gasteiger charge is -2.00. The fourth-order valence-electron chi connectivity index (χ4n) is 2.30. The van der Waals surface area contributed by atoms with Crippen LogP contribution in [0, 0.1) is 0 Å². The predicted molar refractivity (Wildman–Crippen MR) is 86.8 cm³/mol. The van der Waals surface area contributed by atoms with Crippen molar-refractivity contribution in [2.45, 2.75) is 6.42 Å². The lowest BCUT2D eigenvalue weighted by molar-refractivity contribution is -0.117. The van der Waals surface area contributed by atoms with Crippen molar-refractivity contribution in [1.82, 2.24) is 5.16 Å². The van der Waals surface area contributed by atoms with E-state index >= 15 is 0 Å². The molecule has 0 bridgehead atoms. The Kier molecular flexibility index (Phi) is 4.10. The molecule has 1 amide bonds. The van der Waals surface area contributed by atoms with E-state index in [1.54, 1.807) is 7.11 Å². The Hall–Kier alpha value is -3.08. The number of hydrogen-bond donors (Lipinski definition) is 1. The number of nitrogens with zero attached hydrogens (tertiary/aromatic N) is 1. The molecular weight excluding hydrogens is 292 g/mol. The summed E-state index contributed by atoms with van der Waals surface area (Å²) < 4.78 is 10.5. The zero-order valence-corrected chi connectivity index (χ0v) is 12.7. The molecule has 116 valence electrons. The van der Waals surface area contributed by atoms with Crippen LogP contribution < -0.4 is 10.5 Å². The van der Waals surface area contributed by atoms with Crippen LogP contribution >= 0.6 is 0 Å². The summed E-state index contributed by atoms with van der Waals surface area (Å²) in [5.74, 6) is 1.13. The van der Waals surface area contributed by atoms with E-state index in [2.05, 4.69) is 5.16 Å². The summed E-state index contributed by atoms with van der Waals surface area (Å²) >= 11 is 0. The summed E-state index contributed by atoms with van der Waals surface area (Å²) in [5.41, 5.74) is 8.64. The molecule has 0 atom stereocenters. The lowest BCUT2D eigenvalue weighted by atomic mass is 10.1. The standard InChI is InChI=1S/C18H16N2O3/c1-22-15-8-6-14(7-9-15)17-11-16(20-23-17)13-4-2-12(3-5-13)10-18(19)21/h2-9,11H,10H2,1H3,(H2,19,21). The third-order valence-electron chi connectivity index (χ3n) is 3.51. The average molecular weight is 308 g/mol. The number of benzene rings is 2. The molecule has 0 aliphatic heterocycles. The molecule has 0 spiro atoms. The van der Waals surface area contributed by atoms with Crippen molar-refractivity contribution >= 4 is 5.91 Å². The normalized spacial score (nSPS) is 10.5. The van der Waals surface area contributed by atoms with E-state index in [4.69, 9.17) is 15.0 Å². The number of amides is 1. The molecule has 0 radical (unpaired) electrons. The molecule has 2 N–H and O–H groups in total. The van der Waals surface area contributed by atoms with Gasteiger partial charge in [0.15, 0.2) is 5.76 Å². The van der Waals surface area contributed by atoms with Gasteiger partial charge < -0.3 is 15.0 Å². The molecule has 2 aromatic carbocycles. The highest BCUT2D eigenvalue weighted by molar-refractivity contribution is 5.77. The smallest absolute Gasteiger partial charge is 0.221 e. The average Bonchev–Trinajstić information content (AvgIpc) is 3.05. The number of ether oxygens (including phenoxy) is 1. The number of rotatable bonds is 5. The van der Waals surface area contributed by atoms with Crippen LogP contribution in [0.1, 0.15) is 5.56 Å². The molecule has 3 rings (SSSR count). The molecule has 23 heavy (non-hydrogen) atoms. The number of nitrogens with two attached hydrogens (primary N) is 1. The Bertz CT molecular complexity index is 805. The number of methoxy groups -OCH3 is 1. The number of carbonyl (C=O) groups is 1. The van der Waals surface area contributed by atoms with E-state index in [1.807, 2.05) is 54.6 Å². The Morgan fingerprint density at radius 3 is 2.35 bits per heavy atom. The van der Waals surface area contributed by atoms with Gasteiger partial charge in [-0.25, -0.2) is 0 Å². The van der Waals surface area contributed by atoms with Crippen LogP contribution in [0.4, 0.5) is 0 Å². The van der Waals surface area contributed by atoms with Crippen LogP contribution in [0.2, 0.25) is 0 Å². The predicted octanol–water partition coefficient (Wildman–Crippen LogP) is 3.05. The summed E-state index contributed by atoms with van der Waals surface area (Å²) in [4.78, 5) is 10.9. The minimum absolute atomic E-state index is 0.232. The van der Waals surface area contributed by atoms with Crippen LogP contribution in [-0.4, -0.2) is 18.2 Å². The summed E-state index contributed by atoms with van der Waals surface area (Å²) in [6.07, 6.45) is 0.232. The van der Waals surface area contributed by atoms with Crippen molar-refractivity contribution in [3.63, 3.8) is 0 Å².